The molecule has 1 amide bonds. The maximum Gasteiger partial charge on any atom is 0.236 e. The summed E-state index contributed by atoms with van der Waals surface area (Å²) in [5, 5.41) is 19.0. The molecule has 0 N–H and O–H groups in total. The second-order valence-corrected chi connectivity index (χ2v) is 9.03. The normalized spacial score (nSPS) is 16.8. The monoisotopic (exact) mass is 411 g/mol. The minimum Gasteiger partial charge on any atom is -0.326 e. The molecule has 1 heterocycles. The van der Waals surface area contributed by atoms with Crippen LogP contribution in [0.15, 0.2) is 29.4 Å². The Kier molecular flexibility index (Phi) is 6.63. The Balaban J connectivity index is 1.80. The van der Waals surface area contributed by atoms with Crippen molar-refractivity contribution in [2.24, 2.45) is 0 Å². The number of nitrogens with zero attached hydrogens (tertiary/aromatic N) is 5. The maximum absolute atomic E-state index is 13.1. The van der Waals surface area contributed by atoms with E-state index in [1.165, 1.54) is 11.8 Å². The molecule has 0 spiro atoms. The van der Waals surface area contributed by atoms with E-state index < -0.39 is 5.54 Å². The van der Waals surface area contributed by atoms with E-state index in [4.69, 9.17) is 0 Å². The molecule has 1 aromatic heterocycles. The maximum atomic E-state index is 13.1. The standard InChI is InChI=1S/C22H29N5OS/c1-5-27-19(18-12-8-7-11-16(18)2)24-25-21(27)29-17(3)20(28)26(4)22(15-23)13-9-6-10-14-22/h7-8,11-12,17H,5-6,9-10,13-14H2,1-4H3/t17-/m1/s1. The zero-order chi connectivity index (χ0) is 21.0. The van der Waals surface area contributed by atoms with Crippen molar-refractivity contribution in [1.29, 1.82) is 5.26 Å². The van der Waals surface area contributed by atoms with Gasteiger partial charge in [-0.2, -0.15) is 5.26 Å². The molecule has 154 valence electrons. The smallest absolute Gasteiger partial charge is 0.236 e. The van der Waals surface area contributed by atoms with E-state index in [0.29, 0.717) is 0 Å². The highest BCUT2D eigenvalue weighted by Crippen LogP contribution is 2.35. The number of aryl methyl sites for hydroxylation is 1. The van der Waals surface area contributed by atoms with Gasteiger partial charge in [-0.25, -0.2) is 0 Å². The minimum atomic E-state index is -0.672. The van der Waals surface area contributed by atoms with Crippen molar-refractivity contribution in [3.8, 4) is 17.5 Å². The largest absolute Gasteiger partial charge is 0.326 e. The number of aromatic nitrogens is 3. The van der Waals surface area contributed by atoms with Crippen LogP contribution in [0.3, 0.4) is 0 Å². The SMILES string of the molecule is CCn1c(S[C@H](C)C(=O)N(C)C2(C#N)CCCCC2)nnc1-c1ccccc1C. The Morgan fingerprint density at radius 3 is 2.62 bits per heavy atom. The highest BCUT2D eigenvalue weighted by atomic mass is 32.2. The molecular weight excluding hydrogens is 382 g/mol. The fraction of sp³-hybridized carbons (Fsp3) is 0.545. The summed E-state index contributed by atoms with van der Waals surface area (Å²) in [5.41, 5.74) is 1.52. The van der Waals surface area contributed by atoms with Gasteiger partial charge >= 0.3 is 0 Å². The summed E-state index contributed by atoms with van der Waals surface area (Å²) in [5.74, 6) is 0.795. The van der Waals surface area contributed by atoms with Gasteiger partial charge in [-0.15, -0.1) is 10.2 Å². The molecule has 1 fully saturated rings. The molecule has 0 radical (unpaired) electrons. The molecule has 0 saturated heterocycles. The molecule has 6 nitrogen and oxygen atoms in total. The van der Waals surface area contributed by atoms with E-state index in [-0.39, 0.29) is 11.2 Å². The van der Waals surface area contributed by atoms with E-state index in [0.717, 1.165) is 60.8 Å². The third-order valence-corrected chi connectivity index (χ3v) is 6.98. The van der Waals surface area contributed by atoms with Crippen LogP contribution in [0, 0.1) is 18.3 Å². The van der Waals surface area contributed by atoms with Crippen LogP contribution in [0.1, 0.15) is 51.5 Å². The number of amides is 1. The van der Waals surface area contributed by atoms with Crippen molar-refractivity contribution in [3.05, 3.63) is 29.8 Å². The first-order chi connectivity index (χ1) is 13.9. The molecule has 0 aliphatic heterocycles. The lowest BCUT2D eigenvalue weighted by Gasteiger charge is -2.40. The van der Waals surface area contributed by atoms with Gasteiger partial charge in [0.2, 0.25) is 5.91 Å². The Labute approximate surface area is 177 Å². The van der Waals surface area contributed by atoms with Crippen LogP contribution >= 0.6 is 11.8 Å². The average Bonchev–Trinajstić information content (AvgIpc) is 3.15. The molecule has 0 unspecified atom stereocenters. The van der Waals surface area contributed by atoms with Crippen molar-refractivity contribution in [1.82, 2.24) is 19.7 Å². The van der Waals surface area contributed by atoms with Crippen molar-refractivity contribution in [2.45, 2.75) is 75.4 Å². The molecule has 1 aliphatic carbocycles. The first-order valence-corrected chi connectivity index (χ1v) is 11.2. The first kappa shape index (κ1) is 21.4. The number of thioether (sulfide) groups is 1. The Morgan fingerprint density at radius 2 is 2.00 bits per heavy atom. The van der Waals surface area contributed by atoms with Gasteiger partial charge in [0.1, 0.15) is 5.54 Å². The van der Waals surface area contributed by atoms with Crippen LogP contribution in [0.2, 0.25) is 0 Å². The number of nitriles is 1. The molecule has 2 aromatic rings. The zero-order valence-electron chi connectivity index (χ0n) is 17.7. The van der Waals surface area contributed by atoms with Gasteiger partial charge in [-0.1, -0.05) is 55.3 Å². The average molecular weight is 412 g/mol. The molecule has 1 aromatic carbocycles. The highest BCUT2D eigenvalue weighted by molar-refractivity contribution is 8.00. The van der Waals surface area contributed by atoms with Gasteiger partial charge in [-0.3, -0.25) is 4.79 Å². The van der Waals surface area contributed by atoms with Gasteiger partial charge in [-0.05, 0) is 39.2 Å². The second kappa shape index (κ2) is 9.00. The molecule has 1 saturated carbocycles. The number of benzene rings is 1. The van der Waals surface area contributed by atoms with E-state index >= 15 is 0 Å². The highest BCUT2D eigenvalue weighted by Gasteiger charge is 2.40. The summed E-state index contributed by atoms with van der Waals surface area (Å²) >= 11 is 1.41. The summed E-state index contributed by atoms with van der Waals surface area (Å²) in [7, 11) is 1.78. The van der Waals surface area contributed by atoms with Gasteiger partial charge in [0.15, 0.2) is 11.0 Å². The summed E-state index contributed by atoms with van der Waals surface area (Å²) in [6, 6.07) is 10.5. The van der Waals surface area contributed by atoms with Gasteiger partial charge in [0.05, 0.1) is 11.3 Å². The number of rotatable bonds is 6. The molecule has 1 atom stereocenters. The molecule has 7 heteroatoms. The fourth-order valence-electron chi connectivity index (χ4n) is 4.04. The third-order valence-electron chi connectivity index (χ3n) is 5.91. The summed E-state index contributed by atoms with van der Waals surface area (Å²) < 4.78 is 2.05. The number of hydrogen-bond donors (Lipinski definition) is 0. The van der Waals surface area contributed by atoms with Crippen LogP contribution in [0.5, 0.6) is 0 Å². The van der Waals surface area contributed by atoms with E-state index in [1.807, 2.05) is 25.1 Å². The van der Waals surface area contributed by atoms with Gasteiger partial charge in [0, 0.05) is 19.2 Å². The molecule has 1 aliphatic rings. The summed E-state index contributed by atoms with van der Waals surface area (Å²) in [4.78, 5) is 14.8. The lowest BCUT2D eigenvalue weighted by atomic mass is 9.81. The quantitative estimate of drug-likeness (QED) is 0.657. The first-order valence-electron chi connectivity index (χ1n) is 10.3. The topological polar surface area (TPSA) is 74.8 Å². The number of carbonyl (C=O) groups excluding carboxylic acids is 1. The van der Waals surface area contributed by atoms with E-state index in [1.54, 1.807) is 11.9 Å². The lowest BCUT2D eigenvalue weighted by Crippen LogP contribution is -2.52. The fourth-order valence-corrected chi connectivity index (χ4v) is 5.04. The molecular formula is C22H29N5OS. The minimum absolute atomic E-state index is 0.0263. The van der Waals surface area contributed by atoms with Crippen LogP contribution in [0.25, 0.3) is 11.4 Å². The van der Waals surface area contributed by atoms with Gasteiger partial charge in [0.25, 0.3) is 0 Å². The molecule has 29 heavy (non-hydrogen) atoms. The van der Waals surface area contributed by atoms with Crippen LogP contribution in [0.4, 0.5) is 0 Å². The van der Waals surface area contributed by atoms with Crippen LogP contribution in [-0.4, -0.2) is 43.4 Å². The van der Waals surface area contributed by atoms with Crippen molar-refractivity contribution >= 4 is 17.7 Å². The Morgan fingerprint density at radius 1 is 1.31 bits per heavy atom. The predicted octanol–water partition coefficient (Wildman–Crippen LogP) is 4.44. The van der Waals surface area contributed by atoms with Crippen LogP contribution < -0.4 is 0 Å². The second-order valence-electron chi connectivity index (χ2n) is 7.73. The zero-order valence-corrected chi connectivity index (χ0v) is 18.5. The van der Waals surface area contributed by atoms with Crippen molar-refractivity contribution in [3.63, 3.8) is 0 Å². The van der Waals surface area contributed by atoms with Gasteiger partial charge < -0.3 is 9.47 Å². The Bertz CT molecular complexity index is 910. The van der Waals surface area contributed by atoms with Crippen molar-refractivity contribution < 1.29 is 4.79 Å². The molecule has 3 rings (SSSR count). The molecule has 0 bridgehead atoms. The lowest BCUT2D eigenvalue weighted by molar-refractivity contribution is -0.133. The van der Waals surface area contributed by atoms with Crippen molar-refractivity contribution in [2.75, 3.05) is 7.05 Å². The van der Waals surface area contributed by atoms with E-state index in [9.17, 15) is 10.1 Å². The Hall–Kier alpha value is -2.33. The summed E-state index contributed by atoms with van der Waals surface area (Å²) in [6.45, 7) is 6.72. The predicted molar refractivity (Wildman–Crippen MR) is 115 cm³/mol. The van der Waals surface area contributed by atoms with E-state index in [2.05, 4.69) is 40.7 Å². The van der Waals surface area contributed by atoms with Crippen LogP contribution in [-0.2, 0) is 11.3 Å². The number of carbonyl (C=O) groups is 1. The third kappa shape index (κ3) is 4.18. The number of hydrogen-bond acceptors (Lipinski definition) is 5. The summed E-state index contributed by atoms with van der Waals surface area (Å²) in [6.07, 6.45) is 4.64.